The summed E-state index contributed by atoms with van der Waals surface area (Å²) in [4.78, 5) is 4.32. The number of aromatic nitrogens is 1. The molecule has 2 nitrogen and oxygen atoms in total. The third-order valence-corrected chi connectivity index (χ3v) is 2.69. The number of hydrogen-bond donors (Lipinski definition) is 0. The molecule has 3 rings (SSSR count). The van der Waals surface area contributed by atoms with Crippen LogP contribution in [0.15, 0.2) is 72.9 Å². The van der Waals surface area contributed by atoms with Gasteiger partial charge in [-0.1, -0.05) is 48.5 Å². The van der Waals surface area contributed by atoms with E-state index in [-0.39, 0.29) is 0 Å². The molecule has 0 atom stereocenters. The molecule has 0 spiro atoms. The van der Waals surface area contributed by atoms with E-state index in [9.17, 15) is 0 Å². The minimum Gasteiger partial charge on any atom is -0.457 e. The number of rotatable bonds is 3. The van der Waals surface area contributed by atoms with Gasteiger partial charge in [0.25, 0.3) is 0 Å². The third kappa shape index (κ3) is 2.80. The highest BCUT2D eigenvalue weighted by atomic mass is 16.5. The standard InChI is InChI=1S/C17H12NO/c1-3-7-14(8-4-1)17-13-16(11-12-18-17)19-15-9-5-2-6-10-15/h1-12H. The van der Waals surface area contributed by atoms with Crippen molar-refractivity contribution in [2.75, 3.05) is 0 Å². The molecule has 0 unspecified atom stereocenters. The summed E-state index contributed by atoms with van der Waals surface area (Å²) in [6.07, 6.45) is 1.73. The second kappa shape index (κ2) is 5.36. The Hall–Kier alpha value is -2.61. The molecule has 2 heteroatoms. The molecular weight excluding hydrogens is 234 g/mol. The van der Waals surface area contributed by atoms with Gasteiger partial charge in [-0.3, -0.25) is 4.98 Å². The maximum absolute atomic E-state index is 5.74. The molecule has 1 radical (unpaired) electrons. The molecule has 1 heterocycles. The topological polar surface area (TPSA) is 22.1 Å². The van der Waals surface area contributed by atoms with E-state index in [0.29, 0.717) is 5.75 Å². The van der Waals surface area contributed by atoms with Gasteiger partial charge in [-0.25, -0.2) is 0 Å². The quantitative estimate of drug-likeness (QED) is 0.685. The molecule has 91 valence electrons. The first-order valence-electron chi connectivity index (χ1n) is 6.08. The molecule has 0 aliphatic rings. The summed E-state index contributed by atoms with van der Waals surface area (Å²) in [6, 6.07) is 24.6. The van der Waals surface area contributed by atoms with Gasteiger partial charge in [0.1, 0.15) is 11.5 Å². The van der Waals surface area contributed by atoms with E-state index in [1.807, 2.05) is 60.7 Å². The van der Waals surface area contributed by atoms with Crippen molar-refractivity contribution in [1.82, 2.24) is 4.98 Å². The van der Waals surface area contributed by atoms with Gasteiger partial charge in [0.05, 0.1) is 11.8 Å². The van der Waals surface area contributed by atoms with Crippen LogP contribution in [0.3, 0.4) is 0 Å². The lowest BCUT2D eigenvalue weighted by atomic mass is 10.1. The zero-order valence-corrected chi connectivity index (χ0v) is 10.3. The first kappa shape index (κ1) is 11.5. The monoisotopic (exact) mass is 246 g/mol. The van der Waals surface area contributed by atoms with E-state index in [1.54, 1.807) is 12.3 Å². The molecule has 0 saturated heterocycles. The number of benzene rings is 2. The van der Waals surface area contributed by atoms with Crippen molar-refractivity contribution < 1.29 is 4.74 Å². The molecule has 0 N–H and O–H groups in total. The van der Waals surface area contributed by atoms with Gasteiger partial charge in [0.2, 0.25) is 0 Å². The Bertz CT molecular complexity index is 650. The molecule has 0 saturated carbocycles. The van der Waals surface area contributed by atoms with Crippen molar-refractivity contribution in [3.8, 4) is 22.8 Å². The van der Waals surface area contributed by atoms with Crippen LogP contribution in [0.4, 0.5) is 0 Å². The fraction of sp³-hybridized carbons (Fsp3) is 0. The Labute approximate surface area is 112 Å². The smallest absolute Gasteiger partial charge is 0.139 e. The molecule has 0 bridgehead atoms. The van der Waals surface area contributed by atoms with Crippen molar-refractivity contribution in [3.05, 3.63) is 79.0 Å². The Morgan fingerprint density at radius 3 is 2.21 bits per heavy atom. The fourth-order valence-electron chi connectivity index (χ4n) is 1.79. The summed E-state index contributed by atoms with van der Waals surface area (Å²) in [5.41, 5.74) is 1.81. The van der Waals surface area contributed by atoms with Crippen molar-refractivity contribution in [3.63, 3.8) is 0 Å². The summed E-state index contributed by atoms with van der Waals surface area (Å²) >= 11 is 0. The summed E-state index contributed by atoms with van der Waals surface area (Å²) < 4.78 is 5.74. The van der Waals surface area contributed by atoms with E-state index in [1.165, 1.54) is 0 Å². The van der Waals surface area contributed by atoms with Crippen molar-refractivity contribution in [2.45, 2.75) is 0 Å². The Morgan fingerprint density at radius 2 is 1.47 bits per heavy atom. The highest BCUT2D eigenvalue weighted by Gasteiger charge is 2.02. The van der Waals surface area contributed by atoms with E-state index >= 15 is 0 Å². The third-order valence-electron chi connectivity index (χ3n) is 2.69. The zero-order chi connectivity index (χ0) is 12.9. The number of ether oxygens (including phenoxy) is 1. The second-order valence-corrected chi connectivity index (χ2v) is 4.06. The molecular formula is C17H12NO. The summed E-state index contributed by atoms with van der Waals surface area (Å²) in [7, 11) is 0. The van der Waals surface area contributed by atoms with Crippen LogP contribution < -0.4 is 4.74 Å². The largest absolute Gasteiger partial charge is 0.457 e. The molecule has 0 aliphatic carbocycles. The fourth-order valence-corrected chi connectivity index (χ4v) is 1.79. The molecule has 1 aromatic heterocycles. The zero-order valence-electron chi connectivity index (χ0n) is 10.3. The van der Waals surface area contributed by atoms with Crippen LogP contribution in [0, 0.1) is 6.07 Å². The van der Waals surface area contributed by atoms with Crippen LogP contribution in [0.1, 0.15) is 0 Å². The van der Waals surface area contributed by atoms with Crippen LogP contribution in [-0.2, 0) is 0 Å². The average molecular weight is 246 g/mol. The van der Waals surface area contributed by atoms with Crippen LogP contribution >= 0.6 is 0 Å². The Balaban J connectivity index is 1.89. The van der Waals surface area contributed by atoms with Gasteiger partial charge < -0.3 is 4.74 Å². The number of para-hydroxylation sites is 1. The lowest BCUT2D eigenvalue weighted by molar-refractivity contribution is 0.481. The van der Waals surface area contributed by atoms with Crippen LogP contribution in [0.2, 0.25) is 0 Å². The minimum atomic E-state index is 0.667. The molecule has 0 aliphatic heterocycles. The molecule has 2 aromatic carbocycles. The van der Waals surface area contributed by atoms with Crippen LogP contribution in [-0.4, -0.2) is 4.98 Å². The van der Waals surface area contributed by atoms with Crippen molar-refractivity contribution >= 4 is 0 Å². The maximum Gasteiger partial charge on any atom is 0.139 e. The van der Waals surface area contributed by atoms with E-state index in [4.69, 9.17) is 4.74 Å². The first-order valence-corrected chi connectivity index (χ1v) is 6.08. The van der Waals surface area contributed by atoms with Gasteiger partial charge in [-0.05, 0) is 18.2 Å². The van der Waals surface area contributed by atoms with Crippen molar-refractivity contribution in [2.24, 2.45) is 0 Å². The van der Waals surface area contributed by atoms with Crippen LogP contribution in [0.5, 0.6) is 11.5 Å². The highest BCUT2D eigenvalue weighted by molar-refractivity contribution is 5.59. The predicted molar refractivity (Wildman–Crippen MR) is 75.0 cm³/mol. The summed E-state index contributed by atoms with van der Waals surface area (Å²) in [5, 5.41) is 0. The van der Waals surface area contributed by atoms with Crippen molar-refractivity contribution in [1.29, 1.82) is 0 Å². The molecule has 0 fully saturated rings. The summed E-state index contributed by atoms with van der Waals surface area (Å²) in [6.45, 7) is 0. The lowest BCUT2D eigenvalue weighted by Crippen LogP contribution is -1.88. The lowest BCUT2D eigenvalue weighted by Gasteiger charge is -2.06. The average Bonchev–Trinajstić information content (AvgIpc) is 2.49. The second-order valence-electron chi connectivity index (χ2n) is 4.06. The van der Waals surface area contributed by atoms with Gasteiger partial charge in [-0.15, -0.1) is 0 Å². The van der Waals surface area contributed by atoms with E-state index in [0.717, 1.165) is 17.0 Å². The van der Waals surface area contributed by atoms with Crippen LogP contribution in [0.25, 0.3) is 11.3 Å². The van der Waals surface area contributed by atoms with Gasteiger partial charge in [0, 0.05) is 11.8 Å². The number of pyridine rings is 1. The van der Waals surface area contributed by atoms with Gasteiger partial charge in [0.15, 0.2) is 0 Å². The van der Waals surface area contributed by atoms with E-state index in [2.05, 4.69) is 11.1 Å². The number of nitrogens with zero attached hydrogens (tertiary/aromatic N) is 1. The highest BCUT2D eigenvalue weighted by Crippen LogP contribution is 2.24. The molecule has 3 aromatic rings. The normalized spacial score (nSPS) is 10.1. The predicted octanol–water partition coefficient (Wildman–Crippen LogP) is 4.34. The SMILES string of the molecule is [c]1c(Oc2ccccc2)ccnc1-c1ccccc1. The molecule has 19 heavy (non-hydrogen) atoms. The maximum atomic E-state index is 5.74. The number of hydrogen-bond acceptors (Lipinski definition) is 2. The minimum absolute atomic E-state index is 0.667. The van der Waals surface area contributed by atoms with E-state index < -0.39 is 0 Å². The summed E-state index contributed by atoms with van der Waals surface area (Å²) in [5.74, 6) is 1.46. The molecule has 0 amide bonds. The first-order chi connectivity index (χ1) is 9.42. The van der Waals surface area contributed by atoms with Gasteiger partial charge >= 0.3 is 0 Å². The Morgan fingerprint density at radius 1 is 0.789 bits per heavy atom. The van der Waals surface area contributed by atoms with Gasteiger partial charge in [-0.2, -0.15) is 0 Å². The Kier molecular flexibility index (Phi) is 3.24.